The van der Waals surface area contributed by atoms with Crippen molar-refractivity contribution < 1.29 is 27.1 Å². The van der Waals surface area contributed by atoms with Gasteiger partial charge in [-0.25, -0.2) is 12.8 Å². The normalized spacial score (nSPS) is 11.9. The predicted octanol–water partition coefficient (Wildman–Crippen LogP) is 3.97. The molecule has 1 N–H and O–H groups in total. The van der Waals surface area contributed by atoms with Crippen LogP contribution in [0.2, 0.25) is 0 Å². The maximum atomic E-state index is 13.7. The molecule has 0 heterocycles. The number of halogens is 1. The second kappa shape index (κ2) is 13.0. The molecule has 3 aromatic rings. The Labute approximate surface area is 223 Å². The average Bonchev–Trinajstić information content (AvgIpc) is 2.93. The van der Waals surface area contributed by atoms with Crippen molar-refractivity contribution in [2.24, 2.45) is 0 Å². The molecule has 10 heteroatoms. The molecule has 3 rings (SSSR count). The van der Waals surface area contributed by atoms with Crippen LogP contribution in [0.3, 0.4) is 0 Å². The Morgan fingerprint density at radius 1 is 0.974 bits per heavy atom. The summed E-state index contributed by atoms with van der Waals surface area (Å²) in [5.41, 5.74) is 0.889. The molecule has 0 spiro atoms. The Morgan fingerprint density at radius 3 is 2.18 bits per heavy atom. The topological polar surface area (TPSA) is 96.0 Å². The van der Waals surface area contributed by atoms with Gasteiger partial charge in [-0.15, -0.1) is 0 Å². The second-order valence-corrected chi connectivity index (χ2v) is 10.5. The van der Waals surface area contributed by atoms with Gasteiger partial charge in [0.25, 0.3) is 10.0 Å². The van der Waals surface area contributed by atoms with E-state index in [1.807, 2.05) is 37.3 Å². The van der Waals surface area contributed by atoms with Crippen molar-refractivity contribution in [3.8, 4) is 5.75 Å². The lowest BCUT2D eigenvalue weighted by Crippen LogP contribution is -2.51. The Bertz CT molecular complexity index is 1320. The Balaban J connectivity index is 2.00. The number of sulfonamides is 1. The summed E-state index contributed by atoms with van der Waals surface area (Å²) in [7, 11) is -2.78. The van der Waals surface area contributed by atoms with Crippen LogP contribution in [0.5, 0.6) is 5.75 Å². The molecule has 0 aliphatic heterocycles. The van der Waals surface area contributed by atoms with Crippen molar-refractivity contribution >= 4 is 27.5 Å². The highest BCUT2D eigenvalue weighted by atomic mass is 32.2. The first-order valence-corrected chi connectivity index (χ1v) is 13.6. The molecule has 3 aromatic carbocycles. The third-order valence-corrected chi connectivity index (χ3v) is 7.74. The number of nitrogens with zero attached hydrogens (tertiary/aromatic N) is 2. The standard InChI is InChI=1S/C28H32FN3O5S/c1-4-18-30-28(34)21(2)31(19-22-8-6-5-7-9-22)27(33)20-32(24-12-10-23(29)11-13-24)38(35,36)26-16-14-25(37-3)15-17-26/h5-17,21H,4,18-20H2,1-3H3,(H,30,34). The van der Waals surface area contributed by atoms with Crippen molar-refractivity contribution in [3.05, 3.63) is 90.2 Å². The molecule has 2 amide bonds. The number of anilines is 1. The summed E-state index contributed by atoms with van der Waals surface area (Å²) in [5, 5.41) is 2.79. The summed E-state index contributed by atoms with van der Waals surface area (Å²) < 4.78 is 47.2. The summed E-state index contributed by atoms with van der Waals surface area (Å²) in [4.78, 5) is 27.8. The molecule has 0 saturated heterocycles. The molecule has 0 radical (unpaired) electrons. The van der Waals surface area contributed by atoms with E-state index < -0.39 is 34.3 Å². The molecular formula is C28H32FN3O5S. The highest BCUT2D eigenvalue weighted by Gasteiger charge is 2.32. The number of hydrogen-bond acceptors (Lipinski definition) is 5. The van der Waals surface area contributed by atoms with E-state index in [1.165, 1.54) is 48.4 Å². The zero-order chi connectivity index (χ0) is 27.7. The van der Waals surface area contributed by atoms with Gasteiger partial charge < -0.3 is 15.0 Å². The molecule has 0 aliphatic rings. The minimum atomic E-state index is -4.25. The monoisotopic (exact) mass is 541 g/mol. The largest absolute Gasteiger partial charge is 0.497 e. The Morgan fingerprint density at radius 2 is 1.61 bits per heavy atom. The van der Waals surface area contributed by atoms with E-state index in [9.17, 15) is 22.4 Å². The van der Waals surface area contributed by atoms with Gasteiger partial charge in [-0.1, -0.05) is 37.3 Å². The summed E-state index contributed by atoms with van der Waals surface area (Å²) in [6, 6.07) is 18.8. The average molecular weight is 542 g/mol. The van der Waals surface area contributed by atoms with Gasteiger partial charge in [0.15, 0.2) is 0 Å². The van der Waals surface area contributed by atoms with E-state index in [0.717, 1.165) is 28.4 Å². The number of amides is 2. The van der Waals surface area contributed by atoms with Crippen molar-refractivity contribution in [1.82, 2.24) is 10.2 Å². The predicted molar refractivity (Wildman–Crippen MR) is 144 cm³/mol. The number of hydrogen-bond donors (Lipinski definition) is 1. The van der Waals surface area contributed by atoms with Crippen molar-refractivity contribution in [2.45, 2.75) is 37.8 Å². The minimum Gasteiger partial charge on any atom is -0.497 e. The van der Waals surface area contributed by atoms with Gasteiger partial charge in [0.2, 0.25) is 11.8 Å². The molecule has 0 fully saturated rings. The molecule has 0 bridgehead atoms. The van der Waals surface area contributed by atoms with Crippen LogP contribution in [0.4, 0.5) is 10.1 Å². The molecule has 1 unspecified atom stereocenters. The highest BCUT2D eigenvalue weighted by Crippen LogP contribution is 2.26. The lowest BCUT2D eigenvalue weighted by Gasteiger charge is -2.32. The van der Waals surface area contributed by atoms with Gasteiger partial charge in [-0.05, 0) is 67.4 Å². The van der Waals surface area contributed by atoms with E-state index in [2.05, 4.69) is 5.32 Å². The number of ether oxygens (including phenoxy) is 1. The molecule has 1 atom stereocenters. The van der Waals surface area contributed by atoms with Crippen LogP contribution in [0.25, 0.3) is 0 Å². The first-order chi connectivity index (χ1) is 18.2. The molecular weight excluding hydrogens is 509 g/mol. The third kappa shape index (κ3) is 7.10. The number of carbonyl (C=O) groups excluding carboxylic acids is 2. The fraction of sp³-hybridized carbons (Fsp3) is 0.286. The van der Waals surface area contributed by atoms with Crippen LogP contribution in [0, 0.1) is 5.82 Å². The molecule has 0 saturated carbocycles. The van der Waals surface area contributed by atoms with Crippen LogP contribution in [-0.4, -0.2) is 51.4 Å². The number of benzene rings is 3. The first kappa shape index (κ1) is 28.6. The smallest absolute Gasteiger partial charge is 0.264 e. The molecule has 0 aliphatic carbocycles. The van der Waals surface area contributed by atoms with E-state index in [0.29, 0.717) is 12.3 Å². The molecule has 8 nitrogen and oxygen atoms in total. The summed E-state index contributed by atoms with van der Waals surface area (Å²) in [6.45, 7) is 3.47. The molecule has 0 aromatic heterocycles. The summed E-state index contributed by atoms with van der Waals surface area (Å²) in [5.74, 6) is -1.01. The van der Waals surface area contributed by atoms with Crippen molar-refractivity contribution in [2.75, 3.05) is 24.5 Å². The van der Waals surface area contributed by atoms with E-state index in [4.69, 9.17) is 4.74 Å². The third-order valence-electron chi connectivity index (χ3n) is 5.95. The maximum Gasteiger partial charge on any atom is 0.264 e. The quantitative estimate of drug-likeness (QED) is 0.374. The maximum absolute atomic E-state index is 13.7. The van der Waals surface area contributed by atoms with E-state index in [1.54, 1.807) is 6.92 Å². The minimum absolute atomic E-state index is 0.0706. The van der Waals surface area contributed by atoms with Crippen molar-refractivity contribution in [3.63, 3.8) is 0 Å². The Hall–Kier alpha value is -3.92. The number of rotatable bonds is 12. The van der Waals surface area contributed by atoms with Gasteiger partial charge in [0.1, 0.15) is 24.2 Å². The molecule has 38 heavy (non-hydrogen) atoms. The number of nitrogens with one attached hydrogen (secondary N) is 1. The number of carbonyl (C=O) groups is 2. The SMILES string of the molecule is CCCNC(=O)C(C)N(Cc1ccccc1)C(=O)CN(c1ccc(F)cc1)S(=O)(=O)c1ccc(OC)cc1. The highest BCUT2D eigenvalue weighted by molar-refractivity contribution is 7.92. The number of methoxy groups -OCH3 is 1. The van der Waals surface area contributed by atoms with Gasteiger partial charge in [0.05, 0.1) is 17.7 Å². The van der Waals surface area contributed by atoms with Gasteiger partial charge in [-0.2, -0.15) is 0 Å². The summed E-state index contributed by atoms with van der Waals surface area (Å²) in [6.07, 6.45) is 0.726. The van der Waals surface area contributed by atoms with Crippen LogP contribution < -0.4 is 14.4 Å². The van der Waals surface area contributed by atoms with Gasteiger partial charge in [-0.3, -0.25) is 13.9 Å². The fourth-order valence-electron chi connectivity index (χ4n) is 3.77. The zero-order valence-electron chi connectivity index (χ0n) is 21.6. The zero-order valence-corrected chi connectivity index (χ0v) is 22.4. The van der Waals surface area contributed by atoms with E-state index in [-0.39, 0.29) is 23.0 Å². The van der Waals surface area contributed by atoms with Crippen molar-refractivity contribution in [1.29, 1.82) is 0 Å². The molecule has 202 valence electrons. The fourth-order valence-corrected chi connectivity index (χ4v) is 5.18. The van der Waals surface area contributed by atoms with Crippen LogP contribution in [0.1, 0.15) is 25.8 Å². The van der Waals surface area contributed by atoms with E-state index >= 15 is 0 Å². The summed E-state index contributed by atoms with van der Waals surface area (Å²) >= 11 is 0. The lowest BCUT2D eigenvalue weighted by molar-refractivity contribution is -0.139. The van der Waals surface area contributed by atoms with Gasteiger partial charge >= 0.3 is 0 Å². The lowest BCUT2D eigenvalue weighted by atomic mass is 10.1. The van der Waals surface area contributed by atoms with Gasteiger partial charge in [0, 0.05) is 13.1 Å². The van der Waals surface area contributed by atoms with Crippen LogP contribution in [0.15, 0.2) is 83.8 Å². The second-order valence-electron chi connectivity index (χ2n) is 8.64. The first-order valence-electron chi connectivity index (χ1n) is 12.2. The van der Waals surface area contributed by atoms with Crippen LogP contribution in [-0.2, 0) is 26.2 Å². The van der Waals surface area contributed by atoms with Crippen LogP contribution >= 0.6 is 0 Å². The Kier molecular flexibility index (Phi) is 9.84.